The maximum Gasteiger partial charge on any atom is 0.573 e. The van der Waals surface area contributed by atoms with Crippen molar-refractivity contribution in [2.24, 2.45) is 0 Å². The molecule has 104 valence electrons. The Morgan fingerprint density at radius 2 is 1.74 bits per heavy atom. The highest BCUT2D eigenvalue weighted by Crippen LogP contribution is 2.40. The van der Waals surface area contributed by atoms with E-state index in [9.17, 15) is 26.3 Å². The maximum atomic E-state index is 12.7. The van der Waals surface area contributed by atoms with Crippen LogP contribution in [0.15, 0.2) is 12.1 Å². The van der Waals surface area contributed by atoms with Gasteiger partial charge in [0, 0.05) is 6.07 Å². The molecule has 0 saturated heterocycles. The number of nitrogens with one attached hydrogen (secondary N) is 1. The Balaban J connectivity index is 2.64. The fourth-order valence-electron chi connectivity index (χ4n) is 1.60. The van der Waals surface area contributed by atoms with E-state index in [0.717, 1.165) is 0 Å². The van der Waals surface area contributed by atoms with Gasteiger partial charge in [-0.2, -0.15) is 13.2 Å². The number of fused-ring (bicyclic) bond motifs is 1. The van der Waals surface area contributed by atoms with E-state index >= 15 is 0 Å². The molecule has 1 heterocycles. The predicted molar refractivity (Wildman–Crippen MR) is 52.5 cm³/mol. The average molecular weight is 284 g/mol. The molecule has 0 unspecified atom stereocenters. The molecular weight excluding hydrogens is 278 g/mol. The van der Waals surface area contributed by atoms with Crippen LogP contribution in [0.1, 0.15) is 11.4 Å². The van der Waals surface area contributed by atoms with Crippen LogP contribution in [-0.4, -0.2) is 16.3 Å². The summed E-state index contributed by atoms with van der Waals surface area (Å²) in [5.74, 6) is -1.04. The summed E-state index contributed by atoms with van der Waals surface area (Å²) in [4.78, 5) is 6.27. The van der Waals surface area contributed by atoms with Crippen LogP contribution in [0.3, 0.4) is 0 Å². The molecule has 1 N–H and O–H groups in total. The fraction of sp³-hybridized carbons (Fsp3) is 0.300. The fourth-order valence-corrected chi connectivity index (χ4v) is 1.60. The number of aromatic nitrogens is 2. The highest BCUT2D eigenvalue weighted by molar-refractivity contribution is 5.78. The van der Waals surface area contributed by atoms with Gasteiger partial charge in [0.1, 0.15) is 17.1 Å². The SMILES string of the molecule is Cc1nc2cc(OC(F)(F)F)c(C(F)(F)F)cc2[nH]1. The first-order valence-electron chi connectivity index (χ1n) is 4.89. The monoisotopic (exact) mass is 284 g/mol. The summed E-state index contributed by atoms with van der Waals surface area (Å²) < 4.78 is 77.7. The zero-order valence-corrected chi connectivity index (χ0v) is 9.28. The van der Waals surface area contributed by atoms with Crippen molar-refractivity contribution in [3.63, 3.8) is 0 Å². The number of rotatable bonds is 1. The Hall–Kier alpha value is -1.93. The summed E-state index contributed by atoms with van der Waals surface area (Å²) in [5.41, 5.74) is -1.56. The molecule has 1 aromatic carbocycles. The zero-order chi connectivity index (χ0) is 14.4. The molecule has 0 fully saturated rings. The van der Waals surface area contributed by atoms with Crippen LogP contribution in [0.4, 0.5) is 26.3 Å². The first-order valence-corrected chi connectivity index (χ1v) is 4.89. The molecule has 0 atom stereocenters. The summed E-state index contributed by atoms with van der Waals surface area (Å²) in [7, 11) is 0. The van der Waals surface area contributed by atoms with Crippen molar-refractivity contribution < 1.29 is 31.1 Å². The van der Waals surface area contributed by atoms with Crippen LogP contribution < -0.4 is 4.74 Å². The second kappa shape index (κ2) is 4.04. The molecular formula is C10H6F6N2O. The van der Waals surface area contributed by atoms with Gasteiger partial charge in [-0.25, -0.2) is 4.98 Å². The Kier molecular flexibility index (Phi) is 2.87. The molecule has 19 heavy (non-hydrogen) atoms. The van der Waals surface area contributed by atoms with Crippen molar-refractivity contribution in [1.29, 1.82) is 0 Å². The van der Waals surface area contributed by atoms with Gasteiger partial charge in [-0.3, -0.25) is 0 Å². The Morgan fingerprint density at radius 3 is 2.26 bits per heavy atom. The van der Waals surface area contributed by atoms with Crippen LogP contribution in [0.2, 0.25) is 0 Å². The van der Waals surface area contributed by atoms with Crippen molar-refractivity contribution in [1.82, 2.24) is 9.97 Å². The summed E-state index contributed by atoms with van der Waals surface area (Å²) >= 11 is 0. The molecule has 0 aliphatic heterocycles. The number of benzene rings is 1. The van der Waals surface area contributed by atoms with Gasteiger partial charge >= 0.3 is 12.5 Å². The molecule has 0 saturated carbocycles. The van der Waals surface area contributed by atoms with Gasteiger partial charge in [-0.15, -0.1) is 13.2 Å². The van der Waals surface area contributed by atoms with Gasteiger partial charge in [0.15, 0.2) is 0 Å². The van der Waals surface area contributed by atoms with Gasteiger partial charge < -0.3 is 9.72 Å². The van der Waals surface area contributed by atoms with Crippen molar-refractivity contribution in [3.05, 3.63) is 23.5 Å². The predicted octanol–water partition coefficient (Wildman–Crippen LogP) is 3.79. The van der Waals surface area contributed by atoms with E-state index in [1.165, 1.54) is 6.92 Å². The molecule has 0 aliphatic carbocycles. The number of alkyl halides is 6. The van der Waals surface area contributed by atoms with Crippen LogP contribution in [0.25, 0.3) is 11.0 Å². The van der Waals surface area contributed by atoms with E-state index in [-0.39, 0.29) is 16.9 Å². The quantitative estimate of drug-likeness (QED) is 0.809. The van der Waals surface area contributed by atoms with E-state index in [1.54, 1.807) is 0 Å². The average Bonchev–Trinajstić information content (AvgIpc) is 2.51. The highest BCUT2D eigenvalue weighted by atomic mass is 19.4. The summed E-state index contributed by atoms with van der Waals surface area (Å²) in [6, 6.07) is 1.14. The molecule has 0 bridgehead atoms. The van der Waals surface area contributed by atoms with Crippen LogP contribution >= 0.6 is 0 Å². The number of aromatic amines is 1. The lowest BCUT2D eigenvalue weighted by Crippen LogP contribution is -2.20. The van der Waals surface area contributed by atoms with Crippen molar-refractivity contribution in [3.8, 4) is 5.75 Å². The smallest absolute Gasteiger partial charge is 0.405 e. The lowest BCUT2D eigenvalue weighted by Gasteiger charge is -2.15. The molecule has 3 nitrogen and oxygen atoms in total. The molecule has 1 aromatic heterocycles. The third kappa shape index (κ3) is 2.91. The van der Waals surface area contributed by atoms with Gasteiger partial charge in [0.2, 0.25) is 0 Å². The lowest BCUT2D eigenvalue weighted by atomic mass is 10.1. The first kappa shape index (κ1) is 13.5. The minimum atomic E-state index is -5.21. The Labute approximate surface area is 102 Å². The van der Waals surface area contributed by atoms with Crippen LogP contribution in [0.5, 0.6) is 5.75 Å². The van der Waals surface area contributed by atoms with E-state index in [0.29, 0.717) is 12.1 Å². The second-order valence-corrected chi connectivity index (χ2v) is 3.73. The highest BCUT2D eigenvalue weighted by Gasteiger charge is 2.39. The maximum absolute atomic E-state index is 12.7. The van der Waals surface area contributed by atoms with Crippen molar-refractivity contribution in [2.45, 2.75) is 19.5 Å². The summed E-state index contributed by atoms with van der Waals surface area (Å²) in [6.07, 6.45) is -10.2. The number of ether oxygens (including phenoxy) is 1. The van der Waals surface area contributed by atoms with E-state index in [4.69, 9.17) is 0 Å². The first-order chi connectivity index (χ1) is 8.56. The van der Waals surface area contributed by atoms with Gasteiger partial charge in [0.25, 0.3) is 0 Å². The Bertz CT molecular complexity index is 613. The van der Waals surface area contributed by atoms with Gasteiger partial charge in [-0.1, -0.05) is 0 Å². The molecule has 0 spiro atoms. The van der Waals surface area contributed by atoms with Crippen molar-refractivity contribution >= 4 is 11.0 Å². The number of aryl methyl sites for hydroxylation is 1. The number of H-pyrrole nitrogens is 1. The zero-order valence-electron chi connectivity index (χ0n) is 9.28. The molecule has 0 aliphatic rings. The molecule has 2 rings (SSSR count). The standard InChI is InChI=1S/C10H6F6N2O/c1-4-17-6-2-5(9(11,12)13)8(3-7(6)18-4)19-10(14,15)16/h2-3H,1H3,(H,17,18). The topological polar surface area (TPSA) is 37.9 Å². The summed E-state index contributed by atoms with van der Waals surface area (Å²) in [6.45, 7) is 1.47. The second-order valence-electron chi connectivity index (χ2n) is 3.73. The summed E-state index contributed by atoms with van der Waals surface area (Å²) in [5, 5.41) is 0. The van der Waals surface area contributed by atoms with Gasteiger partial charge in [-0.05, 0) is 13.0 Å². The number of hydrogen-bond donors (Lipinski definition) is 1. The molecule has 0 radical (unpaired) electrons. The van der Waals surface area contributed by atoms with Crippen LogP contribution in [0, 0.1) is 6.92 Å². The van der Waals surface area contributed by atoms with E-state index in [2.05, 4.69) is 14.7 Å². The molecule has 2 aromatic rings. The third-order valence-corrected chi connectivity index (χ3v) is 2.23. The number of nitrogens with zero attached hydrogens (tertiary/aromatic N) is 1. The largest absolute Gasteiger partial charge is 0.573 e. The van der Waals surface area contributed by atoms with E-state index < -0.39 is 23.9 Å². The molecule has 0 amide bonds. The number of halogens is 6. The minimum Gasteiger partial charge on any atom is -0.405 e. The van der Waals surface area contributed by atoms with Gasteiger partial charge in [0.05, 0.1) is 11.0 Å². The minimum absolute atomic E-state index is 0.0145. The number of imidazole rings is 1. The lowest BCUT2D eigenvalue weighted by molar-refractivity contribution is -0.276. The normalized spacial score (nSPS) is 13.0. The van der Waals surface area contributed by atoms with Crippen LogP contribution in [-0.2, 0) is 6.18 Å². The number of hydrogen-bond acceptors (Lipinski definition) is 2. The Morgan fingerprint density at radius 1 is 1.11 bits per heavy atom. The molecule has 9 heteroatoms. The van der Waals surface area contributed by atoms with E-state index in [1.807, 2.05) is 0 Å². The van der Waals surface area contributed by atoms with Crippen molar-refractivity contribution in [2.75, 3.05) is 0 Å². The third-order valence-electron chi connectivity index (χ3n) is 2.23.